The van der Waals surface area contributed by atoms with Crippen LogP contribution in [0.15, 0.2) is 12.1 Å². The minimum Gasteiger partial charge on any atom is -0.309 e. The van der Waals surface area contributed by atoms with E-state index in [-0.39, 0.29) is 6.04 Å². The summed E-state index contributed by atoms with van der Waals surface area (Å²) in [6, 6.07) is 4.23. The molecule has 0 saturated carbocycles. The molecule has 0 aromatic carbocycles. The predicted molar refractivity (Wildman–Crippen MR) is 82.4 cm³/mol. The topological polar surface area (TPSA) is 29.9 Å². The fourth-order valence-electron chi connectivity index (χ4n) is 2.15. The number of nitrogens with zero attached hydrogens (tertiary/aromatic N) is 2. The molecule has 0 aliphatic heterocycles. The molecule has 1 atom stereocenters. The van der Waals surface area contributed by atoms with Crippen molar-refractivity contribution in [1.29, 1.82) is 0 Å². The molecule has 3 nitrogen and oxygen atoms in total. The van der Waals surface area contributed by atoms with Crippen LogP contribution in [-0.4, -0.2) is 16.3 Å². The Morgan fingerprint density at radius 1 is 1.42 bits per heavy atom. The minimum atomic E-state index is 0.225. The van der Waals surface area contributed by atoms with Crippen molar-refractivity contribution in [3.8, 4) is 0 Å². The van der Waals surface area contributed by atoms with Gasteiger partial charge in [0.15, 0.2) is 0 Å². The number of halogens is 2. The molecule has 6 heteroatoms. The van der Waals surface area contributed by atoms with Gasteiger partial charge in [0.05, 0.1) is 10.0 Å². The Hall–Kier alpha value is -0.550. The van der Waals surface area contributed by atoms with Gasteiger partial charge in [-0.05, 0) is 32.0 Å². The molecule has 2 heterocycles. The van der Waals surface area contributed by atoms with Gasteiger partial charge in [-0.3, -0.25) is 4.68 Å². The van der Waals surface area contributed by atoms with E-state index in [1.54, 1.807) is 16.0 Å². The lowest BCUT2D eigenvalue weighted by molar-refractivity contribution is 0.557. The van der Waals surface area contributed by atoms with E-state index in [2.05, 4.69) is 23.4 Å². The maximum atomic E-state index is 6.30. The van der Waals surface area contributed by atoms with Gasteiger partial charge in [-0.2, -0.15) is 5.10 Å². The van der Waals surface area contributed by atoms with Crippen molar-refractivity contribution in [2.24, 2.45) is 7.05 Å². The molecular formula is C13H17Cl2N3S. The number of nitrogens with one attached hydrogen (secondary N) is 1. The first-order valence-electron chi connectivity index (χ1n) is 6.19. The second-order valence-corrected chi connectivity index (χ2v) is 6.54. The lowest BCUT2D eigenvalue weighted by Gasteiger charge is -2.16. The van der Waals surface area contributed by atoms with Gasteiger partial charge in [0, 0.05) is 23.5 Å². The van der Waals surface area contributed by atoms with Crippen LogP contribution >= 0.6 is 34.5 Å². The molecule has 19 heavy (non-hydrogen) atoms. The molecule has 0 fully saturated rings. The van der Waals surface area contributed by atoms with Gasteiger partial charge in [-0.1, -0.05) is 30.1 Å². The molecule has 0 aliphatic rings. The summed E-state index contributed by atoms with van der Waals surface area (Å²) in [6.45, 7) is 4.99. The largest absolute Gasteiger partial charge is 0.309 e. The highest BCUT2D eigenvalue weighted by Crippen LogP contribution is 2.31. The van der Waals surface area contributed by atoms with Gasteiger partial charge < -0.3 is 5.32 Å². The highest BCUT2D eigenvalue weighted by molar-refractivity contribution is 7.16. The van der Waals surface area contributed by atoms with E-state index in [0.29, 0.717) is 5.15 Å². The molecule has 0 radical (unpaired) electrons. The third-order valence-electron chi connectivity index (χ3n) is 3.07. The average Bonchev–Trinajstić information content (AvgIpc) is 2.88. The van der Waals surface area contributed by atoms with Gasteiger partial charge in [0.2, 0.25) is 0 Å². The summed E-state index contributed by atoms with van der Waals surface area (Å²) in [5.74, 6) is 0. The molecule has 2 aromatic heterocycles. The zero-order valence-electron chi connectivity index (χ0n) is 11.2. The highest BCUT2D eigenvalue weighted by atomic mass is 35.5. The van der Waals surface area contributed by atoms with Crippen molar-refractivity contribution < 1.29 is 0 Å². The van der Waals surface area contributed by atoms with Crippen LogP contribution in [0.3, 0.4) is 0 Å². The summed E-state index contributed by atoms with van der Waals surface area (Å²) in [7, 11) is 1.86. The van der Waals surface area contributed by atoms with Crippen molar-refractivity contribution in [3.05, 3.63) is 37.8 Å². The molecular weight excluding hydrogens is 301 g/mol. The first kappa shape index (κ1) is 14.9. The first-order valence-corrected chi connectivity index (χ1v) is 7.76. The SMILES string of the molecule is CCNC(Cc1c(C)nn(C)c1Cl)c1ccc(Cl)s1. The summed E-state index contributed by atoms with van der Waals surface area (Å²) in [4.78, 5) is 1.23. The Morgan fingerprint density at radius 2 is 2.16 bits per heavy atom. The number of hydrogen-bond donors (Lipinski definition) is 1. The number of hydrogen-bond acceptors (Lipinski definition) is 3. The van der Waals surface area contributed by atoms with E-state index in [9.17, 15) is 0 Å². The lowest BCUT2D eigenvalue weighted by Crippen LogP contribution is -2.22. The molecule has 2 aromatic rings. The lowest BCUT2D eigenvalue weighted by atomic mass is 10.1. The summed E-state index contributed by atoms with van der Waals surface area (Å²) < 4.78 is 2.53. The third kappa shape index (κ3) is 3.31. The first-order chi connectivity index (χ1) is 9.02. The number of likely N-dealkylation sites (N-methyl/N-ethyl adjacent to an activating group) is 1. The van der Waals surface area contributed by atoms with Crippen LogP contribution in [0, 0.1) is 6.92 Å². The smallest absolute Gasteiger partial charge is 0.130 e. The summed E-state index contributed by atoms with van der Waals surface area (Å²) in [6.07, 6.45) is 0.823. The van der Waals surface area contributed by atoms with Crippen LogP contribution in [-0.2, 0) is 13.5 Å². The normalized spacial score (nSPS) is 12.9. The van der Waals surface area contributed by atoms with Crippen LogP contribution in [0.5, 0.6) is 0 Å². The second-order valence-electron chi connectivity index (χ2n) is 4.43. The standard InChI is InChI=1S/C13H17Cl2N3S/c1-4-16-10(11-5-6-12(14)19-11)7-9-8(2)17-18(3)13(9)15/h5-6,10,16H,4,7H2,1-3H3. The van der Waals surface area contributed by atoms with Crippen LogP contribution < -0.4 is 5.32 Å². The summed E-state index contributed by atoms with van der Waals surface area (Å²) in [5, 5.41) is 8.55. The Morgan fingerprint density at radius 3 is 2.63 bits per heavy atom. The maximum absolute atomic E-state index is 6.30. The number of aromatic nitrogens is 2. The molecule has 1 unspecified atom stereocenters. The Kier molecular flexibility index (Phi) is 4.90. The van der Waals surface area contributed by atoms with Crippen molar-refractivity contribution in [3.63, 3.8) is 0 Å². The summed E-state index contributed by atoms with van der Waals surface area (Å²) in [5.41, 5.74) is 2.08. The maximum Gasteiger partial charge on any atom is 0.130 e. The van der Waals surface area contributed by atoms with Gasteiger partial charge >= 0.3 is 0 Å². The molecule has 0 spiro atoms. The molecule has 0 bridgehead atoms. The zero-order valence-corrected chi connectivity index (χ0v) is 13.5. The molecule has 0 saturated heterocycles. The van der Waals surface area contributed by atoms with Gasteiger partial charge in [-0.15, -0.1) is 11.3 Å². The van der Waals surface area contributed by atoms with Crippen molar-refractivity contribution in [2.45, 2.75) is 26.3 Å². The Balaban J connectivity index is 2.26. The fraction of sp³-hybridized carbons (Fsp3) is 0.462. The van der Waals surface area contributed by atoms with E-state index in [1.165, 1.54) is 4.88 Å². The van der Waals surface area contributed by atoms with Crippen molar-refractivity contribution in [2.75, 3.05) is 6.54 Å². The minimum absolute atomic E-state index is 0.225. The van der Waals surface area contributed by atoms with Crippen LogP contribution in [0.2, 0.25) is 9.49 Å². The molecule has 104 valence electrons. The fourth-order valence-corrected chi connectivity index (χ4v) is 3.53. The van der Waals surface area contributed by atoms with E-state index >= 15 is 0 Å². The predicted octanol–water partition coefficient (Wildman–Crippen LogP) is 3.99. The number of aryl methyl sites for hydroxylation is 2. The Labute approximate surface area is 127 Å². The monoisotopic (exact) mass is 317 g/mol. The van der Waals surface area contributed by atoms with Crippen molar-refractivity contribution >= 4 is 34.5 Å². The van der Waals surface area contributed by atoms with Gasteiger partial charge in [0.25, 0.3) is 0 Å². The molecule has 0 aliphatic carbocycles. The number of thiophene rings is 1. The molecule has 0 amide bonds. The van der Waals surface area contributed by atoms with E-state index in [1.807, 2.05) is 20.0 Å². The van der Waals surface area contributed by atoms with Crippen LogP contribution in [0.1, 0.15) is 29.1 Å². The van der Waals surface area contributed by atoms with E-state index in [4.69, 9.17) is 23.2 Å². The molecule has 2 rings (SSSR count). The van der Waals surface area contributed by atoms with Crippen molar-refractivity contribution in [1.82, 2.24) is 15.1 Å². The van der Waals surface area contributed by atoms with Crippen LogP contribution in [0.25, 0.3) is 0 Å². The zero-order chi connectivity index (χ0) is 14.0. The second kappa shape index (κ2) is 6.27. The number of rotatable bonds is 5. The summed E-state index contributed by atoms with van der Waals surface area (Å²) >= 11 is 13.9. The third-order valence-corrected chi connectivity index (χ3v) is 4.88. The highest BCUT2D eigenvalue weighted by Gasteiger charge is 2.19. The van der Waals surface area contributed by atoms with E-state index < -0.39 is 0 Å². The molecule has 1 N–H and O–H groups in total. The Bertz CT molecular complexity index is 562. The quantitative estimate of drug-likeness (QED) is 0.903. The van der Waals surface area contributed by atoms with Gasteiger partial charge in [-0.25, -0.2) is 0 Å². The van der Waals surface area contributed by atoms with Gasteiger partial charge in [0.1, 0.15) is 5.15 Å². The van der Waals surface area contributed by atoms with Crippen LogP contribution in [0.4, 0.5) is 0 Å². The average molecular weight is 318 g/mol. The van der Waals surface area contributed by atoms with E-state index in [0.717, 1.165) is 28.6 Å².